The first kappa shape index (κ1) is 17.7. The van der Waals surface area contributed by atoms with Crippen LogP contribution < -0.4 is 0 Å². The van der Waals surface area contributed by atoms with Crippen LogP contribution in [0.15, 0.2) is 0 Å². The number of alkyl halides is 3. The third-order valence-corrected chi connectivity index (χ3v) is 6.66. The van der Waals surface area contributed by atoms with Crippen LogP contribution in [0.5, 0.6) is 0 Å². The van der Waals surface area contributed by atoms with Gasteiger partial charge in [-0.15, -0.1) is 0 Å². The number of unbranched alkanes of at least 4 members (excludes halogenated alkanes) is 2. The molecule has 0 radical (unpaired) electrons. The lowest BCUT2D eigenvalue weighted by Crippen LogP contribution is -2.30. The Morgan fingerprint density at radius 3 is 1.86 bits per heavy atom. The molecule has 3 heteroatoms. The fourth-order valence-corrected chi connectivity index (χ4v) is 5.01. The van der Waals surface area contributed by atoms with E-state index in [1.165, 1.54) is 51.4 Å². The lowest BCUT2D eigenvalue weighted by molar-refractivity contribution is 0.00973. The van der Waals surface area contributed by atoms with Crippen LogP contribution in [0.25, 0.3) is 0 Å². The first-order chi connectivity index (χ1) is 10.0. The van der Waals surface area contributed by atoms with Crippen LogP contribution in [-0.2, 0) is 0 Å². The Hall–Kier alpha value is 0.340. The van der Waals surface area contributed by atoms with Crippen LogP contribution in [0.3, 0.4) is 0 Å². The van der Waals surface area contributed by atoms with Crippen LogP contribution in [0, 0.1) is 23.7 Å². The lowest BCUT2D eigenvalue weighted by Gasteiger charge is -2.38. The van der Waals surface area contributed by atoms with Gasteiger partial charge in [-0.25, -0.2) is 0 Å². The van der Waals surface area contributed by atoms with Gasteiger partial charge in [0.05, 0.1) is 0 Å². The monoisotopic (exact) mass is 364 g/mol. The largest absolute Gasteiger partial charge is 0.304 e. The lowest BCUT2D eigenvalue weighted by atomic mass is 9.68. The molecule has 21 heavy (non-hydrogen) atoms. The maximum atomic E-state index is 13.3. The Labute approximate surface area is 137 Å². The molecular weight excluding hydrogens is 334 g/mol. The van der Waals surface area contributed by atoms with Crippen LogP contribution >= 0.6 is 15.9 Å². The van der Waals surface area contributed by atoms with E-state index in [4.69, 9.17) is 0 Å². The summed E-state index contributed by atoms with van der Waals surface area (Å²) in [6, 6.07) is 0. The first-order valence-corrected chi connectivity index (χ1v) is 9.86. The van der Waals surface area contributed by atoms with Crippen molar-refractivity contribution in [1.29, 1.82) is 0 Å². The van der Waals surface area contributed by atoms with Gasteiger partial charge in [0.25, 0.3) is 0 Å². The van der Waals surface area contributed by atoms with Crippen molar-refractivity contribution >= 4 is 15.9 Å². The summed E-state index contributed by atoms with van der Waals surface area (Å²) in [5, 5.41) is 0. The summed E-state index contributed by atoms with van der Waals surface area (Å²) in [7, 11) is 0. The average molecular weight is 365 g/mol. The van der Waals surface area contributed by atoms with E-state index < -0.39 is 10.7 Å². The molecule has 0 aromatic rings. The second-order valence-corrected chi connectivity index (χ2v) is 8.49. The Kier molecular flexibility index (Phi) is 6.96. The second-order valence-electron chi connectivity index (χ2n) is 7.43. The fourth-order valence-electron chi connectivity index (χ4n) is 4.55. The fraction of sp³-hybridized carbons (Fsp3) is 1.00. The Morgan fingerprint density at radius 1 is 0.857 bits per heavy atom. The predicted molar refractivity (Wildman–Crippen MR) is 88.9 cm³/mol. The molecule has 124 valence electrons. The van der Waals surface area contributed by atoms with Gasteiger partial charge in [0.2, 0.25) is 0 Å². The van der Waals surface area contributed by atoms with Crippen LogP contribution in [0.1, 0.15) is 84.0 Å². The summed E-state index contributed by atoms with van der Waals surface area (Å²) < 4.78 is 26.6. The Bertz CT molecular complexity index is 284. The van der Waals surface area contributed by atoms with E-state index in [0.717, 1.165) is 30.6 Å². The number of hydrogen-bond donors (Lipinski definition) is 0. The molecule has 2 fully saturated rings. The predicted octanol–water partition coefficient (Wildman–Crippen LogP) is 7.17. The van der Waals surface area contributed by atoms with E-state index in [0.29, 0.717) is 12.8 Å². The molecule has 0 spiro atoms. The standard InChI is InChI=1S/C18H31BrF2/c1-2-3-4-5-14-6-8-15(9-7-14)16-10-12-17(13-11-16)18(19,20)21/h14-17H,2-13H2,1H3. The molecule has 0 aromatic heterocycles. The maximum absolute atomic E-state index is 13.3. The average Bonchev–Trinajstić information content (AvgIpc) is 2.48. The zero-order valence-electron chi connectivity index (χ0n) is 13.4. The summed E-state index contributed by atoms with van der Waals surface area (Å²) in [6.07, 6.45) is 14.5. The minimum absolute atomic E-state index is 0.431. The minimum Gasteiger partial charge on any atom is -0.193 e. The van der Waals surface area contributed by atoms with Crippen molar-refractivity contribution in [2.24, 2.45) is 23.7 Å². The molecule has 2 aliphatic carbocycles. The van der Waals surface area contributed by atoms with Gasteiger partial charge in [-0.05, 0) is 72.2 Å². The quantitative estimate of drug-likeness (QED) is 0.346. The van der Waals surface area contributed by atoms with Crippen LogP contribution in [-0.4, -0.2) is 4.83 Å². The van der Waals surface area contributed by atoms with Gasteiger partial charge in [-0.3, -0.25) is 0 Å². The molecule has 0 aliphatic heterocycles. The molecule has 2 saturated carbocycles. The van der Waals surface area contributed by atoms with Gasteiger partial charge in [-0.1, -0.05) is 45.4 Å². The van der Waals surface area contributed by atoms with Crippen molar-refractivity contribution in [3.05, 3.63) is 0 Å². The van der Waals surface area contributed by atoms with Crippen molar-refractivity contribution < 1.29 is 8.78 Å². The maximum Gasteiger partial charge on any atom is 0.304 e. The molecule has 0 aromatic carbocycles. The molecule has 0 bridgehead atoms. The molecule has 0 amide bonds. The second kappa shape index (κ2) is 8.26. The molecule has 0 heterocycles. The van der Waals surface area contributed by atoms with Crippen molar-refractivity contribution in [2.45, 2.75) is 88.8 Å². The normalized spacial score (nSPS) is 34.9. The number of rotatable bonds is 6. The zero-order valence-corrected chi connectivity index (χ0v) is 15.0. The number of hydrogen-bond acceptors (Lipinski definition) is 0. The molecule has 0 saturated heterocycles. The molecule has 0 nitrogen and oxygen atoms in total. The number of halogens is 3. The van der Waals surface area contributed by atoms with Gasteiger partial charge in [-0.2, -0.15) is 8.78 Å². The van der Waals surface area contributed by atoms with Crippen LogP contribution in [0.4, 0.5) is 8.78 Å². The highest BCUT2D eigenvalue weighted by molar-refractivity contribution is 9.10. The van der Waals surface area contributed by atoms with E-state index in [9.17, 15) is 8.78 Å². The van der Waals surface area contributed by atoms with Gasteiger partial charge in [0.1, 0.15) is 0 Å². The van der Waals surface area contributed by atoms with E-state index in [2.05, 4.69) is 22.9 Å². The molecular formula is C18H31BrF2. The third-order valence-electron chi connectivity index (χ3n) is 6.01. The first-order valence-electron chi connectivity index (χ1n) is 9.07. The van der Waals surface area contributed by atoms with Gasteiger partial charge >= 0.3 is 4.83 Å². The zero-order chi connectivity index (χ0) is 15.3. The smallest absolute Gasteiger partial charge is 0.193 e. The SMILES string of the molecule is CCCCCC1CCC(C2CCC(C(F)(F)Br)CC2)CC1. The molecule has 0 atom stereocenters. The van der Waals surface area contributed by atoms with Crippen molar-refractivity contribution in [1.82, 2.24) is 0 Å². The van der Waals surface area contributed by atoms with E-state index in [1.54, 1.807) is 0 Å². The summed E-state index contributed by atoms with van der Waals surface area (Å²) in [5.74, 6) is 2.08. The van der Waals surface area contributed by atoms with E-state index in [-0.39, 0.29) is 0 Å². The van der Waals surface area contributed by atoms with Crippen molar-refractivity contribution in [3.63, 3.8) is 0 Å². The Balaban J connectivity index is 1.67. The summed E-state index contributed by atoms with van der Waals surface area (Å²) >= 11 is 2.56. The highest BCUT2D eigenvalue weighted by Crippen LogP contribution is 2.47. The summed E-state index contributed by atoms with van der Waals surface area (Å²) in [6.45, 7) is 2.27. The Morgan fingerprint density at radius 2 is 1.38 bits per heavy atom. The van der Waals surface area contributed by atoms with Gasteiger partial charge < -0.3 is 0 Å². The highest BCUT2D eigenvalue weighted by atomic mass is 79.9. The molecule has 2 rings (SSSR count). The van der Waals surface area contributed by atoms with Crippen LogP contribution in [0.2, 0.25) is 0 Å². The summed E-state index contributed by atoms with van der Waals surface area (Å²) in [4.78, 5) is -2.64. The topological polar surface area (TPSA) is 0 Å². The molecule has 0 unspecified atom stereocenters. The molecule has 0 N–H and O–H groups in total. The minimum atomic E-state index is -2.64. The molecule has 2 aliphatic rings. The van der Waals surface area contributed by atoms with Gasteiger partial charge in [0, 0.05) is 5.92 Å². The van der Waals surface area contributed by atoms with Gasteiger partial charge in [0.15, 0.2) is 0 Å². The third kappa shape index (κ3) is 5.48. The highest BCUT2D eigenvalue weighted by Gasteiger charge is 2.40. The van der Waals surface area contributed by atoms with Crippen molar-refractivity contribution in [3.8, 4) is 0 Å². The van der Waals surface area contributed by atoms with E-state index in [1.807, 2.05) is 0 Å². The summed E-state index contributed by atoms with van der Waals surface area (Å²) in [5.41, 5.74) is 0. The van der Waals surface area contributed by atoms with E-state index >= 15 is 0 Å². The van der Waals surface area contributed by atoms with Crippen molar-refractivity contribution in [2.75, 3.05) is 0 Å².